The largest absolute Gasteiger partial charge is 0.506 e. The summed E-state index contributed by atoms with van der Waals surface area (Å²) in [5, 5.41) is 12.9. The van der Waals surface area contributed by atoms with E-state index in [1.165, 1.54) is 11.8 Å². The highest BCUT2D eigenvalue weighted by molar-refractivity contribution is 8.18. The van der Waals surface area contributed by atoms with Crippen LogP contribution in [0.1, 0.15) is 5.56 Å². The first kappa shape index (κ1) is 16.9. The fourth-order valence-corrected chi connectivity index (χ4v) is 3.05. The molecule has 1 fully saturated rings. The first-order valence-electron chi connectivity index (χ1n) is 7.40. The molecular weight excluding hydrogens is 340 g/mol. The summed E-state index contributed by atoms with van der Waals surface area (Å²) in [6, 6.07) is 12.0. The molecule has 0 bridgehead atoms. The summed E-state index contributed by atoms with van der Waals surface area (Å²) < 4.78 is 10.5. The van der Waals surface area contributed by atoms with Gasteiger partial charge in [-0.1, -0.05) is 12.1 Å². The molecule has 0 aromatic heterocycles. The Morgan fingerprint density at radius 2 is 1.96 bits per heavy atom. The molecule has 2 aromatic carbocycles. The Morgan fingerprint density at radius 1 is 1.16 bits per heavy atom. The predicted octanol–water partition coefficient (Wildman–Crippen LogP) is 3.30. The summed E-state index contributed by atoms with van der Waals surface area (Å²) in [7, 11) is 3.14. The van der Waals surface area contributed by atoms with Gasteiger partial charge in [0.1, 0.15) is 22.9 Å². The Morgan fingerprint density at radius 3 is 2.68 bits per heavy atom. The van der Waals surface area contributed by atoms with Gasteiger partial charge < -0.3 is 19.9 Å². The lowest BCUT2D eigenvalue weighted by Gasteiger charge is -2.07. The molecule has 0 spiro atoms. The zero-order chi connectivity index (χ0) is 17.8. The van der Waals surface area contributed by atoms with Crippen molar-refractivity contribution in [3.05, 3.63) is 52.9 Å². The quantitative estimate of drug-likeness (QED) is 0.822. The van der Waals surface area contributed by atoms with Gasteiger partial charge in [-0.25, -0.2) is 4.99 Å². The number of methoxy groups -OCH3 is 2. The van der Waals surface area contributed by atoms with E-state index in [1.54, 1.807) is 56.7 Å². The van der Waals surface area contributed by atoms with E-state index >= 15 is 0 Å². The number of hydrogen-bond donors (Lipinski definition) is 2. The Balaban J connectivity index is 1.88. The molecule has 2 aromatic rings. The van der Waals surface area contributed by atoms with E-state index in [4.69, 9.17) is 9.47 Å². The first-order valence-corrected chi connectivity index (χ1v) is 8.22. The molecule has 1 saturated heterocycles. The van der Waals surface area contributed by atoms with Crippen LogP contribution in [0.3, 0.4) is 0 Å². The number of carbonyl (C=O) groups excluding carboxylic acids is 1. The predicted molar refractivity (Wildman–Crippen MR) is 98.5 cm³/mol. The lowest BCUT2D eigenvalue weighted by atomic mass is 10.1. The normalized spacial score (nSPS) is 17.0. The van der Waals surface area contributed by atoms with E-state index in [1.807, 2.05) is 6.07 Å². The third-order valence-corrected chi connectivity index (χ3v) is 4.39. The summed E-state index contributed by atoms with van der Waals surface area (Å²) in [6.07, 6.45) is 1.73. The molecule has 0 aliphatic carbocycles. The van der Waals surface area contributed by atoms with Gasteiger partial charge in [-0.2, -0.15) is 0 Å². The highest BCUT2D eigenvalue weighted by atomic mass is 32.2. The van der Waals surface area contributed by atoms with E-state index in [2.05, 4.69) is 10.3 Å². The van der Waals surface area contributed by atoms with Gasteiger partial charge in [0, 0.05) is 11.6 Å². The average Bonchev–Trinajstić information content (AvgIpc) is 2.96. The standard InChI is InChI=1S/C18H16N2O4S/c1-23-12-8-7-11(15(10-12)24-2)9-16-17(22)20-18(25-16)19-13-5-3-4-6-14(13)21/h3-10,21H,1-2H3,(H,19,20,22)/b16-9-. The van der Waals surface area contributed by atoms with Crippen LogP contribution < -0.4 is 14.8 Å². The SMILES string of the molecule is COc1ccc(/C=C2\SC(=Nc3ccccc3O)NC2=O)c(OC)c1. The van der Waals surface area contributed by atoms with E-state index in [-0.39, 0.29) is 11.7 Å². The lowest BCUT2D eigenvalue weighted by molar-refractivity contribution is -0.115. The maximum absolute atomic E-state index is 12.2. The fourth-order valence-electron chi connectivity index (χ4n) is 2.23. The number of para-hydroxylation sites is 2. The van der Waals surface area contributed by atoms with Gasteiger partial charge in [0.25, 0.3) is 5.91 Å². The molecule has 0 saturated carbocycles. The molecule has 25 heavy (non-hydrogen) atoms. The van der Waals surface area contributed by atoms with Crippen molar-refractivity contribution in [2.75, 3.05) is 14.2 Å². The molecular formula is C18H16N2O4S. The van der Waals surface area contributed by atoms with Gasteiger partial charge in [0.15, 0.2) is 5.17 Å². The van der Waals surface area contributed by atoms with Crippen molar-refractivity contribution < 1.29 is 19.4 Å². The van der Waals surface area contributed by atoms with Crippen LogP contribution in [-0.4, -0.2) is 30.4 Å². The van der Waals surface area contributed by atoms with Gasteiger partial charge in [-0.05, 0) is 42.1 Å². The van der Waals surface area contributed by atoms with Crippen molar-refractivity contribution >= 4 is 34.6 Å². The van der Waals surface area contributed by atoms with Gasteiger partial charge in [0.2, 0.25) is 0 Å². The van der Waals surface area contributed by atoms with Gasteiger partial charge in [0.05, 0.1) is 19.1 Å². The second kappa shape index (κ2) is 7.31. The number of amidine groups is 1. The van der Waals surface area contributed by atoms with E-state index in [9.17, 15) is 9.90 Å². The Hall–Kier alpha value is -2.93. The number of rotatable bonds is 4. The zero-order valence-electron chi connectivity index (χ0n) is 13.6. The molecule has 0 atom stereocenters. The third-order valence-electron chi connectivity index (χ3n) is 3.48. The summed E-state index contributed by atoms with van der Waals surface area (Å²) in [5.41, 5.74) is 1.15. The molecule has 1 aliphatic heterocycles. The Kier molecular flexibility index (Phi) is 4.95. The lowest BCUT2D eigenvalue weighted by Crippen LogP contribution is -2.19. The number of ether oxygens (including phenoxy) is 2. The fraction of sp³-hybridized carbons (Fsp3) is 0.111. The van der Waals surface area contributed by atoms with Crippen LogP contribution in [0.2, 0.25) is 0 Å². The van der Waals surface area contributed by atoms with Crippen molar-refractivity contribution in [2.45, 2.75) is 0 Å². The second-order valence-corrected chi connectivity index (χ2v) is 6.11. The van der Waals surface area contributed by atoms with Crippen molar-refractivity contribution in [1.29, 1.82) is 0 Å². The molecule has 0 radical (unpaired) electrons. The number of amides is 1. The van der Waals surface area contributed by atoms with Crippen LogP contribution in [0, 0.1) is 0 Å². The smallest absolute Gasteiger partial charge is 0.264 e. The maximum atomic E-state index is 12.2. The van der Waals surface area contributed by atoms with Crippen molar-refractivity contribution in [1.82, 2.24) is 5.32 Å². The number of carbonyl (C=O) groups is 1. The Labute approximate surface area is 149 Å². The maximum Gasteiger partial charge on any atom is 0.264 e. The topological polar surface area (TPSA) is 80.2 Å². The number of aliphatic imine (C=N–C) groups is 1. The molecule has 1 aliphatic rings. The summed E-state index contributed by atoms with van der Waals surface area (Å²) in [4.78, 5) is 16.9. The van der Waals surface area contributed by atoms with Crippen LogP contribution in [0.4, 0.5) is 5.69 Å². The molecule has 6 nitrogen and oxygen atoms in total. The Bertz CT molecular complexity index is 877. The minimum atomic E-state index is -0.253. The second-order valence-electron chi connectivity index (χ2n) is 5.08. The highest BCUT2D eigenvalue weighted by Crippen LogP contribution is 2.33. The minimum Gasteiger partial charge on any atom is -0.506 e. The monoisotopic (exact) mass is 356 g/mol. The number of hydrogen-bond acceptors (Lipinski definition) is 6. The summed E-state index contributed by atoms with van der Waals surface area (Å²) >= 11 is 1.20. The highest BCUT2D eigenvalue weighted by Gasteiger charge is 2.24. The number of nitrogens with zero attached hydrogens (tertiary/aromatic N) is 1. The molecule has 1 heterocycles. The number of nitrogens with one attached hydrogen (secondary N) is 1. The van der Waals surface area contributed by atoms with Crippen LogP contribution >= 0.6 is 11.8 Å². The molecule has 2 N–H and O–H groups in total. The minimum absolute atomic E-state index is 0.0547. The average molecular weight is 356 g/mol. The third kappa shape index (κ3) is 3.77. The van der Waals surface area contributed by atoms with E-state index < -0.39 is 0 Å². The molecule has 0 unspecified atom stereocenters. The number of thioether (sulfide) groups is 1. The van der Waals surface area contributed by atoms with Crippen LogP contribution in [0.25, 0.3) is 6.08 Å². The van der Waals surface area contributed by atoms with Crippen LogP contribution in [0.5, 0.6) is 17.2 Å². The van der Waals surface area contributed by atoms with Gasteiger partial charge in [-0.3, -0.25) is 4.79 Å². The van der Waals surface area contributed by atoms with E-state index in [0.717, 1.165) is 5.56 Å². The van der Waals surface area contributed by atoms with Crippen LogP contribution in [-0.2, 0) is 4.79 Å². The molecule has 1 amide bonds. The van der Waals surface area contributed by atoms with Crippen molar-refractivity contribution in [2.24, 2.45) is 4.99 Å². The molecule has 7 heteroatoms. The molecule has 3 rings (SSSR count). The first-order chi connectivity index (χ1) is 12.1. The summed E-state index contributed by atoms with van der Waals surface area (Å²) in [6.45, 7) is 0. The van der Waals surface area contributed by atoms with Gasteiger partial charge in [-0.15, -0.1) is 0 Å². The number of benzene rings is 2. The van der Waals surface area contributed by atoms with Crippen molar-refractivity contribution in [3.8, 4) is 17.2 Å². The molecule has 128 valence electrons. The van der Waals surface area contributed by atoms with Crippen molar-refractivity contribution in [3.63, 3.8) is 0 Å². The zero-order valence-corrected chi connectivity index (χ0v) is 14.5. The van der Waals surface area contributed by atoms with Crippen LogP contribution in [0.15, 0.2) is 52.4 Å². The van der Waals surface area contributed by atoms with E-state index in [0.29, 0.717) is 27.3 Å². The number of aromatic hydroxyl groups is 1. The van der Waals surface area contributed by atoms with Gasteiger partial charge >= 0.3 is 0 Å². The summed E-state index contributed by atoms with van der Waals surface area (Å²) in [5.74, 6) is 1.08. The number of phenolic OH excluding ortho intramolecular Hbond substituents is 1. The number of phenols is 1.